The summed E-state index contributed by atoms with van der Waals surface area (Å²) in [6, 6.07) is -1.45. The second-order valence-corrected chi connectivity index (χ2v) is 4.50. The maximum atomic E-state index is 11.5. The Morgan fingerprint density at radius 2 is 1.82 bits per heavy atom. The van der Waals surface area contributed by atoms with Crippen molar-refractivity contribution in [2.24, 2.45) is 5.92 Å². The molecular weight excluding hydrogens is 228 g/mol. The van der Waals surface area contributed by atoms with E-state index in [0.717, 1.165) is 17.7 Å². The van der Waals surface area contributed by atoms with Gasteiger partial charge in [-0.3, -0.25) is 9.69 Å². The van der Waals surface area contributed by atoms with Crippen LogP contribution in [0.5, 0.6) is 0 Å². The molecule has 1 heterocycles. The highest BCUT2D eigenvalue weighted by molar-refractivity contribution is 5.83. The van der Waals surface area contributed by atoms with Crippen LogP contribution >= 0.6 is 0 Å². The molecule has 94 valence electrons. The number of carboxylic acid groups (broad SMARTS) is 2. The van der Waals surface area contributed by atoms with E-state index in [1.807, 2.05) is 0 Å². The molecule has 3 N–H and O–H groups in total. The van der Waals surface area contributed by atoms with E-state index in [-0.39, 0.29) is 30.8 Å². The van der Waals surface area contributed by atoms with Gasteiger partial charge in [0.1, 0.15) is 6.04 Å². The van der Waals surface area contributed by atoms with Crippen molar-refractivity contribution in [1.82, 2.24) is 10.2 Å². The Morgan fingerprint density at radius 3 is 2.24 bits per heavy atom. The van der Waals surface area contributed by atoms with E-state index in [2.05, 4.69) is 5.32 Å². The molecule has 7 nitrogen and oxygen atoms in total. The lowest BCUT2D eigenvalue weighted by Gasteiger charge is -2.16. The minimum Gasteiger partial charge on any atom is -0.480 e. The number of likely N-dealkylation sites (tertiary alicyclic amines) is 1. The molecule has 0 aromatic rings. The summed E-state index contributed by atoms with van der Waals surface area (Å²) in [4.78, 5) is 34.1. The summed E-state index contributed by atoms with van der Waals surface area (Å²) < 4.78 is 0. The Balaban J connectivity index is 1.95. The molecule has 0 spiro atoms. The highest BCUT2D eigenvalue weighted by Crippen LogP contribution is 2.29. The van der Waals surface area contributed by atoms with Crippen molar-refractivity contribution >= 4 is 18.0 Å². The molecule has 2 rings (SSSR count). The van der Waals surface area contributed by atoms with Crippen LogP contribution in [0.3, 0.4) is 0 Å². The first-order valence-corrected chi connectivity index (χ1v) is 5.51. The SMILES string of the molecule is O=C(N[C@H]1C[C@H](C(=O)O)N(C(=O)O)C1)C1CC1. The predicted molar refractivity (Wildman–Crippen MR) is 55.4 cm³/mol. The zero-order valence-electron chi connectivity index (χ0n) is 9.13. The van der Waals surface area contributed by atoms with Gasteiger partial charge in [0, 0.05) is 24.9 Å². The summed E-state index contributed by atoms with van der Waals surface area (Å²) >= 11 is 0. The molecule has 2 fully saturated rings. The topological polar surface area (TPSA) is 107 Å². The molecule has 2 aliphatic rings. The quantitative estimate of drug-likeness (QED) is 0.630. The van der Waals surface area contributed by atoms with E-state index in [1.54, 1.807) is 0 Å². The lowest BCUT2D eigenvalue weighted by atomic mass is 10.1. The maximum absolute atomic E-state index is 11.5. The standard InChI is InChI=1S/C10H14N2O5/c13-8(5-1-2-5)11-6-3-7(9(14)15)12(4-6)10(16)17/h5-7H,1-4H2,(H,11,13)(H,14,15)(H,16,17)/t6-,7+/m0/s1. The van der Waals surface area contributed by atoms with E-state index >= 15 is 0 Å². The van der Waals surface area contributed by atoms with Gasteiger partial charge in [0.2, 0.25) is 5.91 Å². The average molecular weight is 242 g/mol. The van der Waals surface area contributed by atoms with Crippen molar-refractivity contribution in [1.29, 1.82) is 0 Å². The number of amides is 2. The highest BCUT2D eigenvalue weighted by Gasteiger charge is 2.41. The number of nitrogens with one attached hydrogen (secondary N) is 1. The van der Waals surface area contributed by atoms with E-state index in [4.69, 9.17) is 10.2 Å². The van der Waals surface area contributed by atoms with Crippen LogP contribution in [0.2, 0.25) is 0 Å². The number of hydrogen-bond acceptors (Lipinski definition) is 3. The Bertz CT molecular complexity index is 344. The zero-order chi connectivity index (χ0) is 12.6. The van der Waals surface area contributed by atoms with Crippen LogP contribution in [-0.2, 0) is 9.59 Å². The van der Waals surface area contributed by atoms with Gasteiger partial charge in [0.25, 0.3) is 0 Å². The van der Waals surface area contributed by atoms with Gasteiger partial charge in [-0.1, -0.05) is 0 Å². The minimum atomic E-state index is -1.26. The smallest absolute Gasteiger partial charge is 0.408 e. The summed E-state index contributed by atoms with van der Waals surface area (Å²) in [5, 5.41) is 20.4. The molecule has 0 radical (unpaired) electrons. The molecule has 1 saturated carbocycles. The molecule has 1 aliphatic carbocycles. The Hall–Kier alpha value is -1.79. The summed E-state index contributed by atoms with van der Waals surface area (Å²) in [5.41, 5.74) is 0. The summed E-state index contributed by atoms with van der Waals surface area (Å²) in [6.45, 7) is 0.0464. The zero-order valence-corrected chi connectivity index (χ0v) is 9.13. The molecule has 0 bridgehead atoms. The summed E-state index contributed by atoms with van der Waals surface area (Å²) in [6.07, 6.45) is 0.605. The van der Waals surface area contributed by atoms with Crippen molar-refractivity contribution in [3.05, 3.63) is 0 Å². The van der Waals surface area contributed by atoms with Gasteiger partial charge in [-0.2, -0.15) is 0 Å². The molecular formula is C10H14N2O5. The van der Waals surface area contributed by atoms with Gasteiger partial charge in [-0.25, -0.2) is 9.59 Å². The maximum Gasteiger partial charge on any atom is 0.408 e. The van der Waals surface area contributed by atoms with Crippen LogP contribution in [0.4, 0.5) is 4.79 Å². The normalized spacial score (nSPS) is 27.9. The van der Waals surface area contributed by atoms with Gasteiger partial charge < -0.3 is 15.5 Å². The number of rotatable bonds is 3. The van der Waals surface area contributed by atoms with Crippen LogP contribution in [-0.4, -0.2) is 51.7 Å². The summed E-state index contributed by atoms with van der Waals surface area (Å²) in [7, 11) is 0. The second-order valence-electron chi connectivity index (χ2n) is 4.50. The van der Waals surface area contributed by atoms with Crippen LogP contribution in [0.25, 0.3) is 0 Å². The predicted octanol–water partition coefficient (Wildman–Crippen LogP) is -0.282. The van der Waals surface area contributed by atoms with E-state index in [9.17, 15) is 14.4 Å². The monoisotopic (exact) mass is 242 g/mol. The molecule has 0 unspecified atom stereocenters. The first-order valence-electron chi connectivity index (χ1n) is 5.51. The first-order chi connectivity index (χ1) is 7.99. The molecule has 0 aromatic heterocycles. The minimum absolute atomic E-state index is 0.0390. The Labute approximate surface area is 97.4 Å². The summed E-state index contributed by atoms with van der Waals surface area (Å²) in [5.74, 6) is -1.22. The third kappa shape index (κ3) is 2.48. The van der Waals surface area contributed by atoms with Crippen LogP contribution in [0.15, 0.2) is 0 Å². The van der Waals surface area contributed by atoms with Crippen molar-refractivity contribution in [3.8, 4) is 0 Å². The Kier molecular flexibility index (Phi) is 2.91. The fourth-order valence-electron chi connectivity index (χ4n) is 2.05. The van der Waals surface area contributed by atoms with Gasteiger partial charge in [-0.05, 0) is 12.8 Å². The third-order valence-electron chi connectivity index (χ3n) is 3.13. The van der Waals surface area contributed by atoms with Gasteiger partial charge in [0.15, 0.2) is 0 Å². The van der Waals surface area contributed by atoms with Crippen LogP contribution < -0.4 is 5.32 Å². The van der Waals surface area contributed by atoms with E-state index < -0.39 is 18.1 Å². The fraction of sp³-hybridized carbons (Fsp3) is 0.700. The van der Waals surface area contributed by atoms with Crippen LogP contribution in [0.1, 0.15) is 19.3 Å². The van der Waals surface area contributed by atoms with E-state index in [0.29, 0.717) is 0 Å². The average Bonchev–Trinajstić information content (AvgIpc) is 2.99. The van der Waals surface area contributed by atoms with Crippen molar-refractivity contribution in [3.63, 3.8) is 0 Å². The number of hydrogen-bond donors (Lipinski definition) is 3. The molecule has 1 aliphatic heterocycles. The second kappa shape index (κ2) is 4.23. The van der Waals surface area contributed by atoms with Crippen LogP contribution in [0, 0.1) is 5.92 Å². The molecule has 17 heavy (non-hydrogen) atoms. The largest absolute Gasteiger partial charge is 0.480 e. The third-order valence-corrected chi connectivity index (χ3v) is 3.13. The molecule has 2 amide bonds. The fourth-order valence-corrected chi connectivity index (χ4v) is 2.05. The number of carbonyl (C=O) groups excluding carboxylic acids is 1. The van der Waals surface area contributed by atoms with Crippen molar-refractivity contribution in [2.45, 2.75) is 31.3 Å². The van der Waals surface area contributed by atoms with E-state index in [1.165, 1.54) is 0 Å². The highest BCUT2D eigenvalue weighted by atomic mass is 16.4. The van der Waals surface area contributed by atoms with Gasteiger partial charge >= 0.3 is 12.1 Å². The molecule has 0 aromatic carbocycles. The lowest BCUT2D eigenvalue weighted by Crippen LogP contribution is -2.40. The van der Waals surface area contributed by atoms with Crippen molar-refractivity contribution < 1.29 is 24.6 Å². The first kappa shape index (κ1) is 11.7. The van der Waals surface area contributed by atoms with Gasteiger partial charge in [0.05, 0.1) is 0 Å². The van der Waals surface area contributed by atoms with Crippen molar-refractivity contribution in [2.75, 3.05) is 6.54 Å². The Morgan fingerprint density at radius 1 is 1.18 bits per heavy atom. The number of nitrogens with zero attached hydrogens (tertiary/aromatic N) is 1. The number of aliphatic carboxylic acids is 1. The lowest BCUT2D eigenvalue weighted by molar-refractivity contribution is -0.141. The number of carboxylic acids is 1. The molecule has 1 saturated heterocycles. The molecule has 2 atom stereocenters. The molecule has 7 heteroatoms. The van der Waals surface area contributed by atoms with Gasteiger partial charge in [-0.15, -0.1) is 0 Å². The number of carbonyl (C=O) groups is 3.